The molecule has 1 heterocycles. The van der Waals surface area contributed by atoms with Crippen LogP contribution in [0, 0.1) is 0 Å². The third-order valence-corrected chi connectivity index (χ3v) is 4.64. The van der Waals surface area contributed by atoms with Crippen molar-refractivity contribution in [1.29, 1.82) is 0 Å². The molecule has 1 aliphatic carbocycles. The van der Waals surface area contributed by atoms with Crippen molar-refractivity contribution < 1.29 is 9.90 Å². The number of carbonyl (C=O) groups is 1. The summed E-state index contributed by atoms with van der Waals surface area (Å²) in [5, 5.41) is 18.1. The number of rotatable bonds is 7. The molecular weight excluding hydrogens is 276 g/mol. The summed E-state index contributed by atoms with van der Waals surface area (Å²) < 4.78 is 2.16. The van der Waals surface area contributed by atoms with E-state index in [-0.39, 0.29) is 5.75 Å². The standard InChI is InChI=1S/C13H22N4O2S/c1-3-16(4-2)12-14-15-13(20-9-11(18)19)17(12)10-7-5-6-8-10/h10H,3-9H2,1-2H3,(H,18,19). The first kappa shape index (κ1) is 15.2. The van der Waals surface area contributed by atoms with Crippen LogP contribution in [0.15, 0.2) is 5.16 Å². The van der Waals surface area contributed by atoms with Crippen molar-refractivity contribution in [3.05, 3.63) is 0 Å². The molecule has 0 aromatic carbocycles. The maximum Gasteiger partial charge on any atom is 0.313 e. The topological polar surface area (TPSA) is 71.2 Å². The second kappa shape index (κ2) is 6.97. The number of hydrogen-bond donors (Lipinski definition) is 1. The Hall–Kier alpha value is -1.24. The fourth-order valence-electron chi connectivity index (χ4n) is 2.70. The van der Waals surface area contributed by atoms with Gasteiger partial charge in [-0.3, -0.25) is 9.36 Å². The zero-order chi connectivity index (χ0) is 14.5. The first-order valence-electron chi connectivity index (χ1n) is 7.21. The van der Waals surface area contributed by atoms with Crippen molar-refractivity contribution in [1.82, 2.24) is 14.8 Å². The summed E-state index contributed by atoms with van der Waals surface area (Å²) in [6.45, 7) is 5.96. The number of anilines is 1. The Kier molecular flexibility index (Phi) is 5.28. The second-order valence-corrected chi connectivity index (χ2v) is 5.89. The number of carboxylic acid groups (broad SMARTS) is 1. The highest BCUT2D eigenvalue weighted by Crippen LogP contribution is 2.36. The van der Waals surface area contributed by atoms with Gasteiger partial charge in [-0.1, -0.05) is 24.6 Å². The quantitative estimate of drug-likeness (QED) is 0.779. The number of aliphatic carboxylic acids is 1. The molecule has 0 saturated heterocycles. The summed E-state index contributed by atoms with van der Waals surface area (Å²) in [5.74, 6) is 0.0958. The van der Waals surface area contributed by atoms with E-state index in [1.54, 1.807) is 0 Å². The van der Waals surface area contributed by atoms with Gasteiger partial charge in [0.15, 0.2) is 5.16 Å². The van der Waals surface area contributed by atoms with Crippen LogP contribution in [0.4, 0.5) is 5.95 Å². The number of nitrogens with zero attached hydrogens (tertiary/aromatic N) is 4. The fraction of sp³-hybridized carbons (Fsp3) is 0.769. The maximum absolute atomic E-state index is 10.8. The van der Waals surface area contributed by atoms with Gasteiger partial charge in [-0.25, -0.2) is 0 Å². The number of thioether (sulfide) groups is 1. The lowest BCUT2D eigenvalue weighted by Gasteiger charge is -2.24. The summed E-state index contributed by atoms with van der Waals surface area (Å²) in [4.78, 5) is 12.9. The molecule has 1 aliphatic rings. The van der Waals surface area contributed by atoms with Crippen LogP contribution in [0.1, 0.15) is 45.6 Å². The molecule has 0 bridgehead atoms. The Balaban J connectivity index is 2.28. The highest BCUT2D eigenvalue weighted by atomic mass is 32.2. The molecule has 1 fully saturated rings. The Bertz CT molecular complexity index is 453. The fourth-order valence-corrected chi connectivity index (χ4v) is 3.42. The lowest BCUT2D eigenvalue weighted by Crippen LogP contribution is -2.26. The molecule has 0 aliphatic heterocycles. The van der Waals surface area contributed by atoms with Crippen molar-refractivity contribution >= 4 is 23.7 Å². The van der Waals surface area contributed by atoms with Gasteiger partial charge in [0.05, 0.1) is 5.75 Å². The number of carboxylic acids is 1. The van der Waals surface area contributed by atoms with E-state index in [4.69, 9.17) is 5.11 Å². The van der Waals surface area contributed by atoms with Crippen LogP contribution in [-0.4, -0.2) is 44.7 Å². The van der Waals surface area contributed by atoms with Gasteiger partial charge in [0.25, 0.3) is 0 Å². The molecule has 0 spiro atoms. The van der Waals surface area contributed by atoms with Gasteiger partial charge in [0, 0.05) is 19.1 Å². The lowest BCUT2D eigenvalue weighted by molar-refractivity contribution is -0.133. The van der Waals surface area contributed by atoms with E-state index in [2.05, 4.69) is 33.5 Å². The molecule has 0 radical (unpaired) electrons. The predicted molar refractivity (Wildman–Crippen MR) is 79.4 cm³/mol. The van der Waals surface area contributed by atoms with Crippen molar-refractivity contribution in [3.63, 3.8) is 0 Å². The molecule has 6 nitrogen and oxygen atoms in total. The van der Waals surface area contributed by atoms with E-state index in [1.807, 2.05) is 0 Å². The maximum atomic E-state index is 10.8. The SMILES string of the molecule is CCN(CC)c1nnc(SCC(=O)O)n1C1CCCC1. The molecule has 1 N–H and O–H groups in total. The Labute approximate surface area is 123 Å². The normalized spacial score (nSPS) is 15.7. The van der Waals surface area contributed by atoms with Gasteiger partial charge in [0.1, 0.15) is 0 Å². The minimum Gasteiger partial charge on any atom is -0.481 e. The first-order chi connectivity index (χ1) is 9.67. The molecule has 1 saturated carbocycles. The summed E-state index contributed by atoms with van der Waals surface area (Å²) in [7, 11) is 0. The smallest absolute Gasteiger partial charge is 0.313 e. The second-order valence-electron chi connectivity index (χ2n) is 4.95. The molecule has 0 amide bonds. The minimum atomic E-state index is -0.819. The van der Waals surface area contributed by atoms with Crippen LogP contribution >= 0.6 is 11.8 Å². The molecule has 20 heavy (non-hydrogen) atoms. The zero-order valence-electron chi connectivity index (χ0n) is 12.1. The van der Waals surface area contributed by atoms with E-state index >= 15 is 0 Å². The summed E-state index contributed by atoms with van der Waals surface area (Å²) >= 11 is 1.26. The van der Waals surface area contributed by atoms with E-state index in [0.29, 0.717) is 6.04 Å². The Morgan fingerprint density at radius 2 is 2.00 bits per heavy atom. The van der Waals surface area contributed by atoms with Gasteiger partial charge in [0.2, 0.25) is 5.95 Å². The van der Waals surface area contributed by atoms with Gasteiger partial charge >= 0.3 is 5.97 Å². The Morgan fingerprint density at radius 1 is 1.35 bits per heavy atom. The summed E-state index contributed by atoms with van der Waals surface area (Å²) in [6, 6.07) is 0.414. The molecule has 0 unspecified atom stereocenters. The van der Waals surface area contributed by atoms with Crippen molar-refractivity contribution in [2.75, 3.05) is 23.7 Å². The van der Waals surface area contributed by atoms with Crippen LogP contribution in [0.3, 0.4) is 0 Å². The minimum absolute atomic E-state index is 0.0309. The van der Waals surface area contributed by atoms with Gasteiger partial charge in [-0.15, -0.1) is 10.2 Å². The van der Waals surface area contributed by atoms with Crippen molar-refractivity contribution in [2.24, 2.45) is 0 Å². The first-order valence-corrected chi connectivity index (χ1v) is 8.20. The molecule has 0 atom stereocenters. The van der Waals surface area contributed by atoms with Crippen molar-refractivity contribution in [3.8, 4) is 0 Å². The molecule has 2 rings (SSSR count). The third-order valence-electron chi connectivity index (χ3n) is 3.71. The summed E-state index contributed by atoms with van der Waals surface area (Å²) in [6.07, 6.45) is 4.72. The Morgan fingerprint density at radius 3 is 2.55 bits per heavy atom. The number of aromatic nitrogens is 3. The van der Waals surface area contributed by atoms with Crippen LogP contribution < -0.4 is 4.90 Å². The molecule has 7 heteroatoms. The number of hydrogen-bond acceptors (Lipinski definition) is 5. The van der Waals surface area contributed by atoms with Crippen LogP contribution in [0.2, 0.25) is 0 Å². The van der Waals surface area contributed by atoms with Gasteiger partial charge < -0.3 is 10.0 Å². The van der Waals surface area contributed by atoms with Crippen LogP contribution in [0.25, 0.3) is 0 Å². The van der Waals surface area contributed by atoms with E-state index in [1.165, 1.54) is 24.6 Å². The monoisotopic (exact) mass is 298 g/mol. The largest absolute Gasteiger partial charge is 0.481 e. The average Bonchev–Trinajstić information content (AvgIpc) is 3.06. The van der Waals surface area contributed by atoms with Gasteiger partial charge in [-0.05, 0) is 26.7 Å². The van der Waals surface area contributed by atoms with Crippen molar-refractivity contribution in [2.45, 2.75) is 50.7 Å². The highest BCUT2D eigenvalue weighted by Gasteiger charge is 2.26. The molecular formula is C13H22N4O2S. The summed E-state index contributed by atoms with van der Waals surface area (Å²) in [5.41, 5.74) is 0. The molecule has 112 valence electrons. The third kappa shape index (κ3) is 3.26. The predicted octanol–water partition coefficient (Wildman–Crippen LogP) is 2.42. The van der Waals surface area contributed by atoms with Crippen LogP contribution in [0.5, 0.6) is 0 Å². The zero-order valence-corrected chi connectivity index (χ0v) is 12.9. The lowest BCUT2D eigenvalue weighted by atomic mass is 10.2. The van der Waals surface area contributed by atoms with E-state index in [0.717, 1.165) is 37.0 Å². The van der Waals surface area contributed by atoms with E-state index in [9.17, 15) is 4.79 Å². The highest BCUT2D eigenvalue weighted by molar-refractivity contribution is 7.99. The molecule has 1 aromatic heterocycles. The van der Waals surface area contributed by atoms with Crippen LogP contribution in [-0.2, 0) is 4.79 Å². The average molecular weight is 298 g/mol. The van der Waals surface area contributed by atoms with E-state index < -0.39 is 5.97 Å². The van der Waals surface area contributed by atoms with Gasteiger partial charge in [-0.2, -0.15) is 0 Å². The molecule has 1 aromatic rings.